The molecule has 42 heavy (non-hydrogen) atoms. The lowest BCUT2D eigenvalue weighted by Crippen LogP contribution is -2.27. The number of ketones is 2. The molecule has 3 aromatic carbocycles. The van der Waals surface area contributed by atoms with Crippen LogP contribution in [0.25, 0.3) is 0 Å². The maximum Gasteiger partial charge on any atom is 0.194 e. The topological polar surface area (TPSA) is 60.4 Å². The van der Waals surface area contributed by atoms with Crippen molar-refractivity contribution in [3.8, 4) is 5.75 Å². The summed E-state index contributed by atoms with van der Waals surface area (Å²) in [6.07, 6.45) is 6.74. The molecule has 3 aromatic rings. The molecule has 0 aliphatic rings. The van der Waals surface area contributed by atoms with E-state index in [-0.39, 0.29) is 23.3 Å². The molecule has 0 bridgehead atoms. The number of hydrogen-bond acceptors (Lipinski definition) is 4. The monoisotopic (exact) mass is 612 g/mol. The van der Waals surface area contributed by atoms with Crippen LogP contribution in [0.5, 0.6) is 5.75 Å². The van der Waals surface area contributed by atoms with E-state index < -0.39 is 52.7 Å². The zero-order valence-electron chi connectivity index (χ0n) is 23.0. The van der Waals surface area contributed by atoms with Crippen LogP contribution in [-0.2, 0) is 14.2 Å². The molecule has 0 atom stereocenters. The van der Waals surface area contributed by atoms with Gasteiger partial charge >= 0.3 is 0 Å². The van der Waals surface area contributed by atoms with Crippen LogP contribution in [-0.4, -0.2) is 18.2 Å². The minimum Gasteiger partial charge on any atom is -0.494 e. The molecule has 0 unspecified atom stereocenters. The molecule has 0 fully saturated rings. The number of ether oxygens (including phenoxy) is 1. The third-order valence-corrected chi connectivity index (χ3v) is 9.68. The molecule has 0 saturated carbocycles. The van der Waals surface area contributed by atoms with Crippen molar-refractivity contribution >= 4 is 34.6 Å². The Kier molecular flexibility index (Phi) is 12.0. The molecule has 0 aliphatic carbocycles. The molecule has 226 valence electrons. The van der Waals surface area contributed by atoms with Crippen LogP contribution in [0.2, 0.25) is 0 Å². The molecular weight excluding hydrogens is 581 g/mol. The lowest BCUT2D eigenvalue weighted by Gasteiger charge is -2.21. The average molecular weight is 613 g/mol. The van der Waals surface area contributed by atoms with E-state index in [0.717, 1.165) is 44.9 Å². The van der Waals surface area contributed by atoms with Crippen molar-refractivity contribution < 1.29 is 45.2 Å². The summed E-state index contributed by atoms with van der Waals surface area (Å²) >= 11 is 0. The predicted octanol–water partition coefficient (Wildman–Crippen LogP) is 7.21. The predicted molar refractivity (Wildman–Crippen MR) is 148 cm³/mol. The highest BCUT2D eigenvalue weighted by Gasteiger charge is 2.34. The zero-order valence-corrected chi connectivity index (χ0v) is 23.9. The zero-order chi connectivity index (χ0) is 30.9. The van der Waals surface area contributed by atoms with E-state index in [4.69, 9.17) is 4.74 Å². The van der Waals surface area contributed by atoms with E-state index in [1.165, 1.54) is 31.2 Å². The molecule has 0 aliphatic heterocycles. The number of carbonyl (C=O) groups is 2. The number of rotatable bonds is 16. The van der Waals surface area contributed by atoms with Gasteiger partial charge in [-0.05, 0) is 68.3 Å². The molecule has 0 saturated heterocycles. The summed E-state index contributed by atoms with van der Waals surface area (Å²) in [4.78, 5) is 22.4. The van der Waals surface area contributed by atoms with Crippen molar-refractivity contribution in [2.45, 2.75) is 64.7 Å². The largest absolute Gasteiger partial charge is 0.494 e. The van der Waals surface area contributed by atoms with Crippen molar-refractivity contribution in [2.24, 2.45) is 0 Å². The Morgan fingerprint density at radius 1 is 0.643 bits per heavy atom. The Hall–Kier alpha value is -3.39. The SMILES string of the molecule is CC(=O)CC(=O)CCCCCCCCCOc1ccc(P(=O)(c2cc(F)c(F)c(F)c2)c2cc(F)c(F)c(F)c2)cc1. The summed E-state index contributed by atoms with van der Waals surface area (Å²) < 4.78 is 104. The fourth-order valence-electron chi connectivity index (χ4n) is 4.51. The normalized spacial score (nSPS) is 11.5. The van der Waals surface area contributed by atoms with Gasteiger partial charge in [-0.15, -0.1) is 0 Å². The second-order valence-corrected chi connectivity index (χ2v) is 12.8. The number of benzene rings is 3. The Labute approximate surface area is 240 Å². The summed E-state index contributed by atoms with van der Waals surface area (Å²) in [5.74, 6) is -9.94. The van der Waals surface area contributed by atoms with E-state index in [1.807, 2.05) is 0 Å². The number of hydrogen-bond donors (Lipinski definition) is 0. The van der Waals surface area contributed by atoms with Crippen LogP contribution in [0.1, 0.15) is 64.7 Å². The van der Waals surface area contributed by atoms with Gasteiger partial charge in [-0.3, -0.25) is 9.59 Å². The lowest BCUT2D eigenvalue weighted by molar-refractivity contribution is -0.125. The highest BCUT2D eigenvalue weighted by molar-refractivity contribution is 7.85. The molecule has 4 nitrogen and oxygen atoms in total. The Morgan fingerprint density at radius 2 is 1.07 bits per heavy atom. The second-order valence-electron chi connectivity index (χ2n) is 10.0. The fraction of sp³-hybridized carbons (Fsp3) is 0.355. The van der Waals surface area contributed by atoms with Crippen LogP contribution in [0.4, 0.5) is 26.3 Å². The van der Waals surface area contributed by atoms with Gasteiger partial charge in [0.1, 0.15) is 17.3 Å². The molecule has 0 heterocycles. The van der Waals surface area contributed by atoms with E-state index in [1.54, 1.807) is 0 Å². The van der Waals surface area contributed by atoms with E-state index in [2.05, 4.69) is 0 Å². The number of unbranched alkanes of at least 4 members (excludes halogenated alkanes) is 6. The van der Waals surface area contributed by atoms with Gasteiger partial charge in [0.05, 0.1) is 13.0 Å². The van der Waals surface area contributed by atoms with Gasteiger partial charge in [0, 0.05) is 22.3 Å². The fourth-order valence-corrected chi connectivity index (χ4v) is 7.16. The first-order chi connectivity index (χ1) is 19.9. The van der Waals surface area contributed by atoms with Crippen LogP contribution < -0.4 is 20.7 Å². The Morgan fingerprint density at radius 3 is 1.52 bits per heavy atom. The summed E-state index contributed by atoms with van der Waals surface area (Å²) in [5, 5.41) is -1.23. The standard InChI is InChI=1S/C31H31F6O4P/c1-20(38)15-21(39)9-7-5-3-2-4-6-8-14-41-22-10-12-23(13-11-22)42(40,24-16-26(32)30(36)27(33)17-24)25-18-28(34)31(37)29(35)19-25/h10-13,16-19H,2-9,14-15H2,1H3. The van der Waals surface area contributed by atoms with E-state index in [0.29, 0.717) is 43.0 Å². The molecule has 0 aromatic heterocycles. The quantitative estimate of drug-likeness (QED) is 0.0564. The molecular formula is C31H31F6O4P. The highest BCUT2D eigenvalue weighted by Crippen LogP contribution is 2.43. The van der Waals surface area contributed by atoms with Crippen LogP contribution in [0, 0.1) is 34.9 Å². The molecule has 0 radical (unpaired) electrons. The van der Waals surface area contributed by atoms with Crippen molar-refractivity contribution in [1.29, 1.82) is 0 Å². The van der Waals surface area contributed by atoms with Crippen LogP contribution in [0.3, 0.4) is 0 Å². The minimum atomic E-state index is -4.39. The Balaban J connectivity index is 1.60. The minimum absolute atomic E-state index is 0.00444. The lowest BCUT2D eigenvalue weighted by atomic mass is 10.0. The smallest absolute Gasteiger partial charge is 0.194 e. The summed E-state index contributed by atoms with van der Waals surface area (Å²) in [7, 11) is -4.39. The maximum atomic E-state index is 14.3. The van der Waals surface area contributed by atoms with Crippen LogP contribution >= 0.6 is 7.14 Å². The van der Waals surface area contributed by atoms with E-state index in [9.17, 15) is 40.5 Å². The van der Waals surface area contributed by atoms with Gasteiger partial charge in [-0.2, -0.15) is 0 Å². The third-order valence-electron chi connectivity index (χ3n) is 6.68. The molecule has 0 spiro atoms. The number of Topliss-reactive ketones (excluding diaryl/α,β-unsaturated/α-hetero) is 2. The molecule has 3 rings (SSSR count). The Bertz CT molecular complexity index is 1350. The first kappa shape index (κ1) is 33.1. The highest BCUT2D eigenvalue weighted by atomic mass is 31.2. The van der Waals surface area contributed by atoms with Crippen molar-refractivity contribution in [3.05, 3.63) is 83.4 Å². The van der Waals surface area contributed by atoms with Crippen molar-refractivity contribution in [2.75, 3.05) is 6.61 Å². The third kappa shape index (κ3) is 8.57. The van der Waals surface area contributed by atoms with Gasteiger partial charge in [0.25, 0.3) is 0 Å². The van der Waals surface area contributed by atoms with Gasteiger partial charge in [-0.1, -0.05) is 32.1 Å². The van der Waals surface area contributed by atoms with Crippen LogP contribution in [0.15, 0.2) is 48.5 Å². The number of carbonyl (C=O) groups excluding carboxylic acids is 2. The first-order valence-corrected chi connectivity index (χ1v) is 15.3. The summed E-state index contributed by atoms with van der Waals surface area (Å²) in [6.45, 7) is 1.78. The van der Waals surface area contributed by atoms with Gasteiger partial charge in [0.2, 0.25) is 0 Å². The second kappa shape index (κ2) is 15.2. The first-order valence-electron chi connectivity index (χ1n) is 13.6. The average Bonchev–Trinajstić information content (AvgIpc) is 2.94. The molecule has 0 N–H and O–H groups in total. The van der Waals surface area contributed by atoms with Gasteiger partial charge in [-0.25, -0.2) is 26.3 Å². The maximum absolute atomic E-state index is 14.3. The van der Waals surface area contributed by atoms with Crippen molar-refractivity contribution in [3.63, 3.8) is 0 Å². The van der Waals surface area contributed by atoms with Crippen molar-refractivity contribution in [1.82, 2.24) is 0 Å². The van der Waals surface area contributed by atoms with Gasteiger partial charge < -0.3 is 9.30 Å². The molecule has 0 amide bonds. The van der Waals surface area contributed by atoms with E-state index >= 15 is 0 Å². The summed E-state index contributed by atoms with van der Waals surface area (Å²) in [6, 6.07) is 7.40. The summed E-state index contributed by atoms with van der Waals surface area (Å²) in [5.41, 5.74) is 0. The van der Waals surface area contributed by atoms with Gasteiger partial charge in [0.15, 0.2) is 42.0 Å². The molecule has 11 heteroatoms. The number of halogens is 6.